The second-order valence-corrected chi connectivity index (χ2v) is 5.30. The summed E-state index contributed by atoms with van der Waals surface area (Å²) in [7, 11) is 0. The molecule has 0 fully saturated rings. The van der Waals surface area contributed by atoms with Gasteiger partial charge in [-0.05, 0) is 50.2 Å². The van der Waals surface area contributed by atoms with Gasteiger partial charge in [0, 0.05) is 10.0 Å². The van der Waals surface area contributed by atoms with Gasteiger partial charge in [-0.2, -0.15) is 0 Å². The van der Waals surface area contributed by atoms with Gasteiger partial charge in [0.1, 0.15) is 11.5 Å². The molecule has 0 bridgehead atoms. The molecular weight excluding hydrogens is 290 g/mol. The Kier molecular flexibility index (Phi) is 4.25. The van der Waals surface area contributed by atoms with Gasteiger partial charge in [-0.1, -0.05) is 28.9 Å². The van der Waals surface area contributed by atoms with Crippen LogP contribution in [0.4, 0.5) is 0 Å². The molecule has 1 aromatic carbocycles. The summed E-state index contributed by atoms with van der Waals surface area (Å²) in [5.74, 6) is 1.90. The van der Waals surface area contributed by atoms with Gasteiger partial charge >= 0.3 is 0 Å². The van der Waals surface area contributed by atoms with E-state index in [0.717, 1.165) is 28.1 Å². The van der Waals surface area contributed by atoms with Gasteiger partial charge in [0.25, 0.3) is 0 Å². The number of furan rings is 1. The van der Waals surface area contributed by atoms with Gasteiger partial charge in [0.05, 0.1) is 6.04 Å². The molecule has 1 N–H and O–H groups in total. The zero-order chi connectivity index (χ0) is 13.1. The highest BCUT2D eigenvalue weighted by Crippen LogP contribution is 2.28. The second kappa shape index (κ2) is 5.72. The first-order chi connectivity index (χ1) is 8.61. The Morgan fingerprint density at radius 1 is 1.28 bits per heavy atom. The number of hydrogen-bond acceptors (Lipinski definition) is 2. The van der Waals surface area contributed by atoms with E-state index in [0.29, 0.717) is 0 Å². The quantitative estimate of drug-likeness (QED) is 0.886. The van der Waals surface area contributed by atoms with Crippen molar-refractivity contribution in [2.24, 2.45) is 0 Å². The summed E-state index contributed by atoms with van der Waals surface area (Å²) in [4.78, 5) is 0. The molecule has 1 aromatic heterocycles. The lowest BCUT2D eigenvalue weighted by atomic mass is 10.1. The van der Waals surface area contributed by atoms with E-state index in [-0.39, 0.29) is 6.04 Å². The Morgan fingerprint density at radius 3 is 2.72 bits per heavy atom. The minimum Gasteiger partial charge on any atom is -0.459 e. The molecule has 2 nitrogen and oxygen atoms in total. The summed E-state index contributed by atoms with van der Waals surface area (Å²) in [6.45, 7) is 7.23. The normalized spacial score (nSPS) is 12.7. The van der Waals surface area contributed by atoms with Crippen molar-refractivity contribution in [3.8, 4) is 11.3 Å². The first kappa shape index (κ1) is 13.4. The minimum absolute atomic E-state index is 0.250. The van der Waals surface area contributed by atoms with Gasteiger partial charge in [0.15, 0.2) is 0 Å². The number of hydrogen-bond donors (Lipinski definition) is 1. The van der Waals surface area contributed by atoms with Crippen LogP contribution in [0.25, 0.3) is 11.3 Å². The molecule has 96 valence electrons. The third-order valence-electron chi connectivity index (χ3n) is 3.01. The van der Waals surface area contributed by atoms with Crippen molar-refractivity contribution in [3.63, 3.8) is 0 Å². The molecule has 18 heavy (non-hydrogen) atoms. The van der Waals surface area contributed by atoms with E-state index in [2.05, 4.69) is 60.2 Å². The summed E-state index contributed by atoms with van der Waals surface area (Å²) < 4.78 is 7.03. The summed E-state index contributed by atoms with van der Waals surface area (Å²) in [5, 5.41) is 3.35. The fourth-order valence-electron chi connectivity index (χ4n) is 1.95. The molecule has 2 rings (SSSR count). The summed E-state index contributed by atoms with van der Waals surface area (Å²) in [6, 6.07) is 10.6. The maximum atomic E-state index is 5.90. The largest absolute Gasteiger partial charge is 0.459 e. The molecule has 1 heterocycles. The molecule has 0 radical (unpaired) electrons. The van der Waals surface area contributed by atoms with Crippen LogP contribution in [-0.2, 0) is 0 Å². The van der Waals surface area contributed by atoms with Gasteiger partial charge in [-0.15, -0.1) is 0 Å². The van der Waals surface area contributed by atoms with Crippen LogP contribution in [0.1, 0.15) is 31.2 Å². The van der Waals surface area contributed by atoms with E-state index in [4.69, 9.17) is 4.42 Å². The lowest BCUT2D eigenvalue weighted by Crippen LogP contribution is -2.16. The molecular formula is C15H18BrNO. The topological polar surface area (TPSA) is 25.2 Å². The fraction of sp³-hybridized carbons (Fsp3) is 0.333. The van der Waals surface area contributed by atoms with E-state index in [9.17, 15) is 0 Å². The van der Waals surface area contributed by atoms with Crippen LogP contribution in [-0.4, -0.2) is 6.54 Å². The van der Waals surface area contributed by atoms with Crippen LogP contribution in [0.3, 0.4) is 0 Å². The fourth-order valence-corrected chi connectivity index (χ4v) is 2.19. The molecule has 0 aliphatic heterocycles. The van der Waals surface area contributed by atoms with Crippen molar-refractivity contribution in [3.05, 3.63) is 46.1 Å². The molecule has 3 heteroatoms. The van der Waals surface area contributed by atoms with Crippen LogP contribution in [0.2, 0.25) is 0 Å². The molecule has 1 atom stereocenters. The van der Waals surface area contributed by atoms with Crippen LogP contribution in [0, 0.1) is 6.92 Å². The monoisotopic (exact) mass is 307 g/mol. The molecule has 0 aliphatic rings. The number of aryl methyl sites for hydroxylation is 1. The molecule has 0 saturated carbocycles. The van der Waals surface area contributed by atoms with Crippen LogP contribution < -0.4 is 5.32 Å². The van der Waals surface area contributed by atoms with E-state index >= 15 is 0 Å². The lowest BCUT2D eigenvalue weighted by Gasteiger charge is -2.08. The SMILES string of the molecule is CCNC(C)c1ccc(-c2ccc(Br)c(C)c2)o1. The second-order valence-electron chi connectivity index (χ2n) is 4.45. The van der Waals surface area contributed by atoms with Crippen molar-refractivity contribution in [1.82, 2.24) is 5.32 Å². The summed E-state index contributed by atoms with van der Waals surface area (Å²) >= 11 is 3.51. The number of benzene rings is 1. The maximum absolute atomic E-state index is 5.90. The van der Waals surface area contributed by atoms with Gasteiger partial charge in [-0.25, -0.2) is 0 Å². The lowest BCUT2D eigenvalue weighted by molar-refractivity contribution is 0.445. The minimum atomic E-state index is 0.250. The highest BCUT2D eigenvalue weighted by atomic mass is 79.9. The Balaban J connectivity index is 2.26. The number of nitrogens with one attached hydrogen (secondary N) is 1. The smallest absolute Gasteiger partial charge is 0.134 e. The average Bonchev–Trinajstić information content (AvgIpc) is 2.82. The first-order valence-corrected chi connectivity index (χ1v) is 7.00. The predicted octanol–water partition coefficient (Wildman–Crippen LogP) is 4.69. The zero-order valence-electron chi connectivity index (χ0n) is 11.0. The zero-order valence-corrected chi connectivity index (χ0v) is 12.5. The summed E-state index contributed by atoms with van der Waals surface area (Å²) in [6.07, 6.45) is 0. The standard InChI is InChI=1S/C15H18BrNO/c1-4-17-11(3)14-7-8-15(18-14)12-5-6-13(16)10(2)9-12/h5-9,11,17H,4H2,1-3H3. The Bertz CT molecular complexity index is 533. The molecule has 2 aromatic rings. The number of rotatable bonds is 4. The average molecular weight is 308 g/mol. The Hall–Kier alpha value is -1.06. The first-order valence-electron chi connectivity index (χ1n) is 6.21. The molecule has 0 aliphatic carbocycles. The van der Waals surface area contributed by atoms with Crippen molar-refractivity contribution in [2.75, 3.05) is 6.54 Å². The van der Waals surface area contributed by atoms with E-state index in [1.807, 2.05) is 12.1 Å². The van der Waals surface area contributed by atoms with Crippen molar-refractivity contribution in [1.29, 1.82) is 0 Å². The molecule has 0 amide bonds. The van der Waals surface area contributed by atoms with E-state index < -0.39 is 0 Å². The van der Waals surface area contributed by atoms with Crippen LogP contribution in [0.15, 0.2) is 39.2 Å². The maximum Gasteiger partial charge on any atom is 0.134 e. The third kappa shape index (κ3) is 2.85. The van der Waals surface area contributed by atoms with Crippen LogP contribution in [0.5, 0.6) is 0 Å². The highest BCUT2D eigenvalue weighted by Gasteiger charge is 2.10. The molecule has 0 saturated heterocycles. The van der Waals surface area contributed by atoms with Crippen LogP contribution >= 0.6 is 15.9 Å². The van der Waals surface area contributed by atoms with Crippen molar-refractivity contribution >= 4 is 15.9 Å². The Morgan fingerprint density at radius 2 is 2.06 bits per heavy atom. The van der Waals surface area contributed by atoms with Crippen molar-refractivity contribution < 1.29 is 4.42 Å². The molecule has 0 spiro atoms. The van der Waals surface area contributed by atoms with Gasteiger partial charge in [-0.3, -0.25) is 0 Å². The third-order valence-corrected chi connectivity index (χ3v) is 3.90. The predicted molar refractivity (Wildman–Crippen MR) is 78.7 cm³/mol. The number of halogens is 1. The van der Waals surface area contributed by atoms with Gasteiger partial charge in [0.2, 0.25) is 0 Å². The van der Waals surface area contributed by atoms with Gasteiger partial charge < -0.3 is 9.73 Å². The van der Waals surface area contributed by atoms with E-state index in [1.165, 1.54) is 5.56 Å². The summed E-state index contributed by atoms with van der Waals surface area (Å²) in [5.41, 5.74) is 2.33. The highest BCUT2D eigenvalue weighted by molar-refractivity contribution is 9.10. The van der Waals surface area contributed by atoms with E-state index in [1.54, 1.807) is 0 Å². The van der Waals surface area contributed by atoms with Crippen molar-refractivity contribution in [2.45, 2.75) is 26.8 Å². The Labute approximate surface area is 117 Å². The molecule has 1 unspecified atom stereocenters.